The average molecular weight is 331 g/mol. The van der Waals surface area contributed by atoms with E-state index in [1.807, 2.05) is 26.0 Å². The molecule has 128 valence electrons. The van der Waals surface area contributed by atoms with E-state index >= 15 is 0 Å². The highest BCUT2D eigenvalue weighted by Crippen LogP contribution is 2.26. The molecule has 1 aromatic carbocycles. The summed E-state index contributed by atoms with van der Waals surface area (Å²) in [4.78, 5) is 25.7. The van der Waals surface area contributed by atoms with Crippen molar-refractivity contribution in [2.24, 2.45) is 0 Å². The van der Waals surface area contributed by atoms with E-state index in [-0.39, 0.29) is 18.9 Å². The van der Waals surface area contributed by atoms with E-state index < -0.39 is 5.97 Å². The topological polar surface area (TPSA) is 69.0 Å². The van der Waals surface area contributed by atoms with Gasteiger partial charge in [-0.05, 0) is 25.0 Å². The number of furan rings is 1. The van der Waals surface area contributed by atoms with E-state index in [2.05, 4.69) is 0 Å². The molecule has 1 fully saturated rings. The SMILES string of the molecule is Cc1ccc2c(CC(=O)OCC(=O)N3CCOCC3)coc2c1C. The Morgan fingerprint density at radius 1 is 1.21 bits per heavy atom. The van der Waals surface area contributed by atoms with Gasteiger partial charge in [-0.2, -0.15) is 0 Å². The van der Waals surface area contributed by atoms with E-state index in [4.69, 9.17) is 13.9 Å². The molecule has 1 aliphatic heterocycles. The summed E-state index contributed by atoms with van der Waals surface area (Å²) in [6.45, 7) is 5.92. The highest BCUT2D eigenvalue weighted by atomic mass is 16.5. The third-order valence-electron chi connectivity index (χ3n) is 4.40. The maximum absolute atomic E-state index is 12.0. The van der Waals surface area contributed by atoms with Gasteiger partial charge in [0.15, 0.2) is 6.61 Å². The first-order valence-corrected chi connectivity index (χ1v) is 8.03. The highest BCUT2D eigenvalue weighted by Gasteiger charge is 2.19. The fourth-order valence-electron chi connectivity index (χ4n) is 2.78. The van der Waals surface area contributed by atoms with Crippen LogP contribution in [-0.2, 0) is 25.5 Å². The van der Waals surface area contributed by atoms with E-state index in [0.717, 1.165) is 27.7 Å². The zero-order chi connectivity index (χ0) is 17.1. The standard InChI is InChI=1S/C18H21NO5/c1-12-3-4-15-14(10-24-18(15)13(12)2)9-17(21)23-11-16(20)19-5-7-22-8-6-19/h3-4,10H,5-9,11H2,1-2H3. The Morgan fingerprint density at radius 2 is 1.96 bits per heavy atom. The van der Waals surface area contributed by atoms with Gasteiger partial charge in [0, 0.05) is 24.0 Å². The van der Waals surface area contributed by atoms with Crippen LogP contribution in [0.25, 0.3) is 11.0 Å². The monoisotopic (exact) mass is 331 g/mol. The van der Waals surface area contributed by atoms with Gasteiger partial charge in [-0.1, -0.05) is 12.1 Å². The Labute approximate surface area is 140 Å². The highest BCUT2D eigenvalue weighted by molar-refractivity contribution is 5.89. The molecule has 0 atom stereocenters. The molecule has 6 nitrogen and oxygen atoms in total. The molecular weight excluding hydrogens is 310 g/mol. The molecule has 24 heavy (non-hydrogen) atoms. The van der Waals surface area contributed by atoms with E-state index in [1.165, 1.54) is 0 Å². The molecule has 2 aromatic rings. The van der Waals surface area contributed by atoms with Crippen LogP contribution >= 0.6 is 0 Å². The Morgan fingerprint density at radius 3 is 2.71 bits per heavy atom. The lowest BCUT2D eigenvalue weighted by Gasteiger charge is -2.26. The van der Waals surface area contributed by atoms with Crippen LogP contribution < -0.4 is 0 Å². The molecule has 0 bridgehead atoms. The van der Waals surface area contributed by atoms with Crippen molar-refractivity contribution in [1.82, 2.24) is 4.90 Å². The van der Waals surface area contributed by atoms with Crippen LogP contribution in [0.3, 0.4) is 0 Å². The Bertz CT molecular complexity index is 758. The molecule has 3 rings (SSSR count). The molecule has 0 N–H and O–H groups in total. The first kappa shape index (κ1) is 16.5. The second kappa shape index (κ2) is 7.05. The van der Waals surface area contributed by atoms with Crippen LogP contribution in [0.15, 0.2) is 22.8 Å². The molecule has 0 saturated carbocycles. The number of benzene rings is 1. The molecule has 1 saturated heterocycles. The van der Waals surface area contributed by atoms with Gasteiger partial charge in [0.05, 0.1) is 25.9 Å². The number of fused-ring (bicyclic) bond motifs is 1. The second-order valence-corrected chi connectivity index (χ2v) is 5.98. The molecule has 1 amide bonds. The third-order valence-corrected chi connectivity index (χ3v) is 4.40. The minimum atomic E-state index is -0.433. The maximum Gasteiger partial charge on any atom is 0.310 e. The summed E-state index contributed by atoms with van der Waals surface area (Å²) in [5, 5.41) is 0.912. The number of aryl methyl sites for hydroxylation is 2. The van der Waals surface area contributed by atoms with Crippen molar-refractivity contribution in [2.45, 2.75) is 20.3 Å². The normalized spacial score (nSPS) is 14.8. The quantitative estimate of drug-likeness (QED) is 0.802. The molecule has 0 spiro atoms. The summed E-state index contributed by atoms with van der Waals surface area (Å²) >= 11 is 0. The van der Waals surface area contributed by atoms with Crippen molar-refractivity contribution in [1.29, 1.82) is 0 Å². The molecule has 0 radical (unpaired) electrons. The van der Waals surface area contributed by atoms with Gasteiger partial charge in [-0.15, -0.1) is 0 Å². The van der Waals surface area contributed by atoms with Gasteiger partial charge < -0.3 is 18.8 Å². The lowest BCUT2D eigenvalue weighted by atomic mass is 10.0. The number of hydrogen-bond donors (Lipinski definition) is 0. The van der Waals surface area contributed by atoms with Crippen LogP contribution in [0.2, 0.25) is 0 Å². The summed E-state index contributed by atoms with van der Waals surface area (Å²) in [5.41, 5.74) is 3.77. The predicted octanol–water partition coefficient (Wildman–Crippen LogP) is 1.99. The van der Waals surface area contributed by atoms with Gasteiger partial charge in [0.2, 0.25) is 0 Å². The molecule has 1 aliphatic rings. The number of amides is 1. The number of ether oxygens (including phenoxy) is 2. The van der Waals surface area contributed by atoms with Crippen LogP contribution in [-0.4, -0.2) is 49.7 Å². The minimum absolute atomic E-state index is 0.0892. The number of carbonyl (C=O) groups excluding carboxylic acids is 2. The fourth-order valence-corrected chi connectivity index (χ4v) is 2.78. The Hall–Kier alpha value is -2.34. The van der Waals surface area contributed by atoms with Gasteiger partial charge in [0.25, 0.3) is 5.91 Å². The minimum Gasteiger partial charge on any atom is -0.464 e. The second-order valence-electron chi connectivity index (χ2n) is 5.98. The summed E-state index contributed by atoms with van der Waals surface area (Å²) in [7, 11) is 0. The molecular formula is C18H21NO5. The summed E-state index contributed by atoms with van der Waals surface area (Å²) in [5.74, 6) is -0.618. The van der Waals surface area contributed by atoms with Crippen molar-refractivity contribution in [3.8, 4) is 0 Å². The summed E-state index contributed by atoms with van der Waals surface area (Å²) in [6, 6.07) is 3.95. The van der Waals surface area contributed by atoms with Crippen molar-refractivity contribution in [2.75, 3.05) is 32.9 Å². The Kier molecular flexibility index (Phi) is 4.85. The number of hydrogen-bond acceptors (Lipinski definition) is 5. The Balaban J connectivity index is 1.59. The van der Waals surface area contributed by atoms with Crippen molar-refractivity contribution in [3.05, 3.63) is 35.1 Å². The zero-order valence-corrected chi connectivity index (χ0v) is 14.0. The number of morpholine rings is 1. The van der Waals surface area contributed by atoms with Crippen LogP contribution in [0.5, 0.6) is 0 Å². The molecule has 0 aliphatic carbocycles. The van der Waals surface area contributed by atoms with Gasteiger partial charge in [-0.25, -0.2) is 0 Å². The zero-order valence-electron chi connectivity index (χ0n) is 14.0. The van der Waals surface area contributed by atoms with E-state index in [1.54, 1.807) is 11.2 Å². The van der Waals surface area contributed by atoms with Crippen molar-refractivity contribution < 1.29 is 23.5 Å². The smallest absolute Gasteiger partial charge is 0.310 e. The van der Waals surface area contributed by atoms with E-state index in [0.29, 0.717) is 26.3 Å². The van der Waals surface area contributed by atoms with Crippen molar-refractivity contribution in [3.63, 3.8) is 0 Å². The first-order valence-electron chi connectivity index (χ1n) is 8.03. The summed E-state index contributed by atoms with van der Waals surface area (Å²) < 4.78 is 15.9. The number of esters is 1. The van der Waals surface area contributed by atoms with Crippen LogP contribution in [0, 0.1) is 13.8 Å². The molecule has 1 aromatic heterocycles. The lowest BCUT2D eigenvalue weighted by molar-refractivity contribution is -0.153. The van der Waals surface area contributed by atoms with Crippen molar-refractivity contribution >= 4 is 22.8 Å². The molecule has 0 unspecified atom stereocenters. The van der Waals surface area contributed by atoms with Crippen LogP contribution in [0.4, 0.5) is 0 Å². The largest absolute Gasteiger partial charge is 0.464 e. The average Bonchev–Trinajstić information content (AvgIpc) is 3.00. The fraction of sp³-hybridized carbons (Fsp3) is 0.444. The maximum atomic E-state index is 12.0. The summed E-state index contributed by atoms with van der Waals surface area (Å²) in [6.07, 6.45) is 1.67. The van der Waals surface area contributed by atoms with Crippen LogP contribution in [0.1, 0.15) is 16.7 Å². The third kappa shape index (κ3) is 3.43. The molecule has 2 heterocycles. The lowest BCUT2D eigenvalue weighted by Crippen LogP contribution is -2.42. The number of rotatable bonds is 4. The van der Waals surface area contributed by atoms with E-state index in [9.17, 15) is 9.59 Å². The van der Waals surface area contributed by atoms with Gasteiger partial charge >= 0.3 is 5.97 Å². The van der Waals surface area contributed by atoms with Gasteiger partial charge in [0.1, 0.15) is 5.58 Å². The van der Waals surface area contributed by atoms with Gasteiger partial charge in [-0.3, -0.25) is 9.59 Å². The number of nitrogens with zero attached hydrogens (tertiary/aromatic N) is 1. The molecule has 6 heteroatoms. The first-order chi connectivity index (χ1) is 11.6. The number of carbonyl (C=O) groups is 2. The predicted molar refractivity (Wildman–Crippen MR) is 87.8 cm³/mol.